The maximum absolute atomic E-state index is 13.1. The first kappa shape index (κ1) is 20.7. The van der Waals surface area contributed by atoms with E-state index in [1.54, 1.807) is 16.2 Å². The first-order valence-electron chi connectivity index (χ1n) is 10.7. The van der Waals surface area contributed by atoms with Crippen LogP contribution >= 0.6 is 11.3 Å². The summed E-state index contributed by atoms with van der Waals surface area (Å²) in [6.45, 7) is 4.86. The van der Waals surface area contributed by atoms with Crippen LogP contribution in [0.5, 0.6) is 0 Å². The summed E-state index contributed by atoms with van der Waals surface area (Å²) < 4.78 is 0. The Morgan fingerprint density at radius 1 is 1.17 bits per heavy atom. The molecule has 4 rings (SSSR count). The van der Waals surface area contributed by atoms with Crippen LogP contribution in [0, 0.1) is 13.8 Å². The van der Waals surface area contributed by atoms with E-state index in [0.29, 0.717) is 12.1 Å². The third kappa shape index (κ3) is 4.75. The quantitative estimate of drug-likeness (QED) is 0.588. The van der Waals surface area contributed by atoms with Crippen molar-refractivity contribution in [2.24, 2.45) is 0 Å². The van der Waals surface area contributed by atoms with Gasteiger partial charge in [-0.2, -0.15) is 0 Å². The lowest BCUT2D eigenvalue weighted by atomic mass is 9.96. The van der Waals surface area contributed by atoms with Crippen molar-refractivity contribution in [2.75, 3.05) is 0 Å². The first-order chi connectivity index (χ1) is 14.5. The van der Waals surface area contributed by atoms with Gasteiger partial charge in [0, 0.05) is 27.4 Å². The number of fused-ring (bicyclic) bond motifs is 1. The van der Waals surface area contributed by atoms with E-state index >= 15 is 0 Å². The third-order valence-corrected chi connectivity index (χ3v) is 6.76. The van der Waals surface area contributed by atoms with Gasteiger partial charge >= 0.3 is 6.03 Å². The van der Waals surface area contributed by atoms with Crippen LogP contribution in [0.1, 0.15) is 53.7 Å². The fourth-order valence-corrected chi connectivity index (χ4v) is 5.06. The molecule has 1 aliphatic rings. The Morgan fingerprint density at radius 2 is 1.97 bits per heavy atom. The van der Waals surface area contributed by atoms with Crippen molar-refractivity contribution in [2.45, 2.75) is 65.1 Å². The Balaban J connectivity index is 1.61. The lowest BCUT2D eigenvalue weighted by Crippen LogP contribution is -2.45. The summed E-state index contributed by atoms with van der Waals surface area (Å²) in [5.74, 6) is 0. The van der Waals surface area contributed by atoms with Crippen LogP contribution < -0.4 is 10.9 Å². The molecule has 0 bridgehead atoms. The van der Waals surface area contributed by atoms with Crippen LogP contribution in [0.4, 0.5) is 4.79 Å². The summed E-state index contributed by atoms with van der Waals surface area (Å²) in [5.41, 5.74) is 3.57. The van der Waals surface area contributed by atoms with E-state index in [9.17, 15) is 9.59 Å². The summed E-state index contributed by atoms with van der Waals surface area (Å²) >= 11 is 1.63. The number of aromatic nitrogens is 1. The molecule has 2 aromatic heterocycles. The zero-order valence-electron chi connectivity index (χ0n) is 17.7. The second kappa shape index (κ2) is 9.04. The highest BCUT2D eigenvalue weighted by Crippen LogP contribution is 2.21. The number of nitrogens with zero attached hydrogens (tertiary/aromatic N) is 1. The van der Waals surface area contributed by atoms with Crippen molar-refractivity contribution in [1.29, 1.82) is 0 Å². The van der Waals surface area contributed by atoms with Crippen molar-refractivity contribution < 1.29 is 4.79 Å². The van der Waals surface area contributed by atoms with Crippen LogP contribution in [-0.2, 0) is 13.1 Å². The highest BCUT2D eigenvalue weighted by atomic mass is 32.1. The van der Waals surface area contributed by atoms with Crippen LogP contribution in [0.25, 0.3) is 10.9 Å². The number of hydrogen-bond acceptors (Lipinski definition) is 3. The third-order valence-electron chi connectivity index (χ3n) is 5.90. The average molecular weight is 424 g/mol. The van der Waals surface area contributed by atoms with Gasteiger partial charge in [0.15, 0.2) is 0 Å². The van der Waals surface area contributed by atoms with E-state index in [0.717, 1.165) is 39.7 Å². The largest absolute Gasteiger partial charge is 0.335 e. The monoisotopic (exact) mass is 423 g/mol. The molecule has 2 amide bonds. The number of nitrogens with one attached hydrogen (secondary N) is 2. The van der Waals surface area contributed by atoms with Crippen molar-refractivity contribution in [1.82, 2.24) is 15.2 Å². The van der Waals surface area contributed by atoms with Gasteiger partial charge in [0.2, 0.25) is 0 Å². The molecule has 0 aliphatic heterocycles. The Hall–Kier alpha value is -2.60. The molecule has 0 saturated heterocycles. The minimum Gasteiger partial charge on any atom is -0.335 e. The van der Waals surface area contributed by atoms with Gasteiger partial charge in [-0.1, -0.05) is 31.4 Å². The van der Waals surface area contributed by atoms with Gasteiger partial charge in [0.05, 0.1) is 13.1 Å². The van der Waals surface area contributed by atoms with Crippen LogP contribution in [-0.4, -0.2) is 22.0 Å². The van der Waals surface area contributed by atoms with Gasteiger partial charge in [0.25, 0.3) is 5.56 Å². The molecule has 0 spiro atoms. The molecule has 0 radical (unpaired) electrons. The molecule has 0 atom stereocenters. The number of benzene rings is 1. The summed E-state index contributed by atoms with van der Waals surface area (Å²) in [4.78, 5) is 31.8. The fourth-order valence-electron chi connectivity index (χ4n) is 4.34. The lowest BCUT2D eigenvalue weighted by Gasteiger charge is -2.28. The highest BCUT2D eigenvalue weighted by Gasteiger charge is 2.22. The van der Waals surface area contributed by atoms with E-state index in [1.807, 2.05) is 36.6 Å². The Labute approximate surface area is 181 Å². The number of carbonyl (C=O) groups excluding carboxylic acids is 1. The zero-order valence-corrected chi connectivity index (χ0v) is 18.5. The molecule has 1 aromatic carbocycles. The maximum atomic E-state index is 13.1. The minimum atomic E-state index is -0.130. The maximum Gasteiger partial charge on any atom is 0.318 e. The second-order valence-corrected chi connectivity index (χ2v) is 9.42. The fraction of sp³-hybridized carbons (Fsp3) is 0.417. The minimum absolute atomic E-state index is 0.0876. The predicted octanol–water partition coefficient (Wildman–Crippen LogP) is 5.25. The molecular formula is C24H29N3O2S. The number of aryl methyl sites for hydroxylation is 2. The number of urea groups is 1. The van der Waals surface area contributed by atoms with Gasteiger partial charge in [0.1, 0.15) is 0 Å². The lowest BCUT2D eigenvalue weighted by molar-refractivity contribution is 0.185. The Morgan fingerprint density at radius 3 is 2.70 bits per heavy atom. The molecule has 2 heterocycles. The number of pyridine rings is 1. The molecule has 1 aliphatic carbocycles. The van der Waals surface area contributed by atoms with E-state index in [1.165, 1.54) is 19.3 Å². The summed E-state index contributed by atoms with van der Waals surface area (Å²) in [7, 11) is 0. The number of carbonyl (C=O) groups is 1. The molecule has 5 nitrogen and oxygen atoms in total. The molecule has 6 heteroatoms. The molecule has 30 heavy (non-hydrogen) atoms. The van der Waals surface area contributed by atoms with Crippen LogP contribution in [0.2, 0.25) is 0 Å². The molecule has 1 fully saturated rings. The topological polar surface area (TPSA) is 65.2 Å². The number of rotatable bonds is 5. The van der Waals surface area contributed by atoms with Crippen molar-refractivity contribution >= 4 is 28.3 Å². The number of aromatic amines is 1. The molecule has 0 unspecified atom stereocenters. The van der Waals surface area contributed by atoms with Crippen molar-refractivity contribution in [3.05, 3.63) is 67.6 Å². The van der Waals surface area contributed by atoms with Gasteiger partial charge in [-0.25, -0.2) is 4.79 Å². The molecular weight excluding hydrogens is 394 g/mol. The predicted molar refractivity (Wildman–Crippen MR) is 123 cm³/mol. The number of thiophene rings is 1. The van der Waals surface area contributed by atoms with Gasteiger partial charge in [-0.05, 0) is 61.4 Å². The smallest absolute Gasteiger partial charge is 0.318 e. The van der Waals surface area contributed by atoms with E-state index in [2.05, 4.69) is 23.3 Å². The molecule has 2 N–H and O–H groups in total. The normalized spacial score (nSPS) is 14.7. The van der Waals surface area contributed by atoms with Crippen molar-refractivity contribution in [3.8, 4) is 0 Å². The van der Waals surface area contributed by atoms with E-state index in [4.69, 9.17) is 0 Å². The van der Waals surface area contributed by atoms with Crippen molar-refractivity contribution in [3.63, 3.8) is 0 Å². The molecule has 158 valence electrons. The van der Waals surface area contributed by atoms with Gasteiger partial charge in [-0.3, -0.25) is 4.79 Å². The van der Waals surface area contributed by atoms with Crippen LogP contribution in [0.3, 0.4) is 0 Å². The van der Waals surface area contributed by atoms with Gasteiger partial charge < -0.3 is 15.2 Å². The number of amides is 2. The standard InChI is InChI=1S/C24H29N3O2S/c1-16-11-17(2)21-13-18(23(28)26-22(21)12-16)14-27(15-20-9-6-10-30-20)24(29)25-19-7-4-3-5-8-19/h6,9-13,19H,3-5,7-8,14-15H2,1-2H3,(H,25,29)(H,26,28). The SMILES string of the molecule is Cc1cc(C)c2cc(CN(Cc3cccs3)C(=O)NC3CCCCC3)c(=O)[nH]c2c1. The number of hydrogen-bond donors (Lipinski definition) is 2. The summed E-state index contributed by atoms with van der Waals surface area (Å²) in [6, 6.07) is 10.2. The van der Waals surface area contributed by atoms with E-state index < -0.39 is 0 Å². The Kier molecular flexibility index (Phi) is 6.23. The Bertz CT molecular complexity index is 1080. The van der Waals surface area contributed by atoms with Crippen LogP contribution in [0.15, 0.2) is 40.5 Å². The molecule has 1 saturated carbocycles. The summed E-state index contributed by atoms with van der Waals surface area (Å²) in [6.07, 6.45) is 5.65. The highest BCUT2D eigenvalue weighted by molar-refractivity contribution is 7.09. The number of H-pyrrole nitrogens is 1. The average Bonchev–Trinajstić information content (AvgIpc) is 3.22. The second-order valence-electron chi connectivity index (χ2n) is 8.39. The summed E-state index contributed by atoms with van der Waals surface area (Å²) in [5, 5.41) is 6.25. The zero-order chi connectivity index (χ0) is 21.1. The van der Waals surface area contributed by atoms with Gasteiger partial charge in [-0.15, -0.1) is 11.3 Å². The molecule has 3 aromatic rings. The van der Waals surface area contributed by atoms with E-state index in [-0.39, 0.29) is 24.2 Å². The first-order valence-corrected chi connectivity index (χ1v) is 11.6.